The van der Waals surface area contributed by atoms with Gasteiger partial charge >= 0.3 is 0 Å². The van der Waals surface area contributed by atoms with Crippen LogP contribution in [0.25, 0.3) is 11.3 Å². The second-order valence-corrected chi connectivity index (χ2v) is 5.60. The van der Waals surface area contributed by atoms with Crippen LogP contribution in [0.1, 0.15) is 19.5 Å². The zero-order valence-electron chi connectivity index (χ0n) is 14.1. The van der Waals surface area contributed by atoms with Crippen LogP contribution in [0.2, 0.25) is 0 Å². The Morgan fingerprint density at radius 3 is 2.61 bits per heavy atom. The van der Waals surface area contributed by atoms with Crippen molar-refractivity contribution in [2.45, 2.75) is 20.4 Å². The fourth-order valence-corrected chi connectivity index (χ4v) is 2.28. The van der Waals surface area contributed by atoms with Crippen LogP contribution < -0.4 is 9.47 Å². The maximum atomic E-state index is 11.9. The van der Waals surface area contributed by atoms with Gasteiger partial charge in [-0.25, -0.2) is 0 Å². The topological polar surface area (TPSA) is 64.8 Å². The second kappa shape index (κ2) is 7.17. The molecule has 0 aliphatic heterocycles. The van der Waals surface area contributed by atoms with E-state index in [-0.39, 0.29) is 11.8 Å². The quantitative estimate of drug-likeness (QED) is 0.819. The monoisotopic (exact) mass is 318 g/mol. The Hall–Kier alpha value is -2.50. The molecule has 0 saturated carbocycles. The van der Waals surface area contributed by atoms with E-state index in [4.69, 9.17) is 14.0 Å². The van der Waals surface area contributed by atoms with Crippen molar-refractivity contribution in [3.63, 3.8) is 0 Å². The smallest absolute Gasteiger partial charge is 0.225 e. The van der Waals surface area contributed by atoms with Crippen molar-refractivity contribution in [1.82, 2.24) is 10.1 Å². The van der Waals surface area contributed by atoms with Crippen molar-refractivity contribution in [2.24, 2.45) is 5.92 Å². The van der Waals surface area contributed by atoms with Gasteiger partial charge in [0.05, 0.1) is 26.3 Å². The van der Waals surface area contributed by atoms with Gasteiger partial charge in [-0.1, -0.05) is 19.0 Å². The minimum absolute atomic E-state index is 0.0511. The van der Waals surface area contributed by atoms with E-state index in [0.29, 0.717) is 29.5 Å². The van der Waals surface area contributed by atoms with Gasteiger partial charge in [-0.05, 0) is 18.2 Å². The molecule has 2 rings (SSSR count). The molecule has 0 spiro atoms. The molecule has 0 aliphatic carbocycles. The fourth-order valence-electron chi connectivity index (χ4n) is 2.28. The Bertz CT molecular complexity index is 679. The van der Waals surface area contributed by atoms with Crippen LogP contribution in [-0.2, 0) is 11.3 Å². The first kappa shape index (κ1) is 16.9. The van der Waals surface area contributed by atoms with Crippen molar-refractivity contribution in [2.75, 3.05) is 21.3 Å². The molecule has 0 saturated heterocycles. The summed E-state index contributed by atoms with van der Waals surface area (Å²) in [6.45, 7) is 4.13. The second-order valence-electron chi connectivity index (χ2n) is 5.60. The molecule has 0 aliphatic rings. The molecule has 0 fully saturated rings. The number of aromatic nitrogens is 1. The van der Waals surface area contributed by atoms with Gasteiger partial charge in [0.1, 0.15) is 17.2 Å². The summed E-state index contributed by atoms with van der Waals surface area (Å²) in [5.74, 6) is 1.95. The van der Waals surface area contributed by atoms with Crippen LogP contribution >= 0.6 is 0 Å². The summed E-state index contributed by atoms with van der Waals surface area (Å²) in [4.78, 5) is 13.6. The summed E-state index contributed by atoms with van der Waals surface area (Å²) in [6, 6.07) is 7.26. The highest BCUT2D eigenvalue weighted by atomic mass is 16.5. The molecule has 6 heteroatoms. The lowest BCUT2D eigenvalue weighted by atomic mass is 10.1. The Labute approximate surface area is 136 Å². The van der Waals surface area contributed by atoms with Crippen LogP contribution in [0, 0.1) is 5.92 Å². The number of hydrogen-bond acceptors (Lipinski definition) is 5. The molecule has 0 radical (unpaired) electrons. The molecule has 0 N–H and O–H groups in total. The summed E-state index contributed by atoms with van der Waals surface area (Å²) in [7, 11) is 4.95. The normalized spacial score (nSPS) is 10.7. The van der Waals surface area contributed by atoms with Gasteiger partial charge in [0.15, 0.2) is 5.76 Å². The lowest BCUT2D eigenvalue weighted by molar-refractivity contribution is -0.133. The molecule has 1 amide bonds. The number of hydrogen-bond donors (Lipinski definition) is 0. The number of rotatable bonds is 6. The van der Waals surface area contributed by atoms with Crippen LogP contribution in [0.4, 0.5) is 0 Å². The predicted molar refractivity (Wildman–Crippen MR) is 86.4 cm³/mol. The molecular formula is C17H22N2O4. The van der Waals surface area contributed by atoms with Gasteiger partial charge in [-0.3, -0.25) is 4.79 Å². The third kappa shape index (κ3) is 3.83. The van der Waals surface area contributed by atoms with Crippen LogP contribution in [0.5, 0.6) is 11.5 Å². The maximum absolute atomic E-state index is 11.9. The van der Waals surface area contributed by atoms with E-state index in [0.717, 1.165) is 5.56 Å². The van der Waals surface area contributed by atoms with E-state index in [1.165, 1.54) is 0 Å². The Balaban J connectivity index is 2.24. The molecule has 6 nitrogen and oxygen atoms in total. The summed E-state index contributed by atoms with van der Waals surface area (Å²) in [5, 5.41) is 4.04. The molecular weight excluding hydrogens is 296 g/mol. The van der Waals surface area contributed by atoms with E-state index >= 15 is 0 Å². The zero-order chi connectivity index (χ0) is 17.0. The minimum Gasteiger partial charge on any atom is -0.497 e. The van der Waals surface area contributed by atoms with Gasteiger partial charge in [0, 0.05) is 19.0 Å². The SMILES string of the molecule is COc1ccc(OC)c(-c2cc(CN(C)C(=O)C(C)C)no2)c1. The van der Waals surface area contributed by atoms with E-state index < -0.39 is 0 Å². The zero-order valence-corrected chi connectivity index (χ0v) is 14.1. The highest BCUT2D eigenvalue weighted by Crippen LogP contribution is 2.33. The summed E-state index contributed by atoms with van der Waals surface area (Å²) >= 11 is 0. The molecule has 1 aromatic heterocycles. The molecule has 0 bridgehead atoms. The maximum Gasteiger partial charge on any atom is 0.225 e. The van der Waals surface area contributed by atoms with Gasteiger partial charge in [-0.2, -0.15) is 0 Å². The number of nitrogens with zero attached hydrogens (tertiary/aromatic N) is 2. The minimum atomic E-state index is -0.0511. The lowest BCUT2D eigenvalue weighted by Crippen LogP contribution is -2.30. The Morgan fingerprint density at radius 2 is 2.00 bits per heavy atom. The molecule has 1 heterocycles. The number of ether oxygens (including phenoxy) is 2. The number of benzene rings is 1. The molecule has 2 aromatic rings. The number of carbonyl (C=O) groups excluding carboxylic acids is 1. The average molecular weight is 318 g/mol. The van der Waals surface area contributed by atoms with Gasteiger partial charge in [0.25, 0.3) is 0 Å². The third-order valence-corrected chi connectivity index (χ3v) is 3.50. The summed E-state index contributed by atoms with van der Waals surface area (Å²) in [6.07, 6.45) is 0. The molecule has 124 valence electrons. The van der Waals surface area contributed by atoms with Gasteiger partial charge < -0.3 is 18.9 Å². The molecule has 1 aromatic carbocycles. The Morgan fingerprint density at radius 1 is 1.26 bits per heavy atom. The van der Waals surface area contributed by atoms with Crippen LogP contribution in [-0.4, -0.2) is 37.2 Å². The van der Waals surface area contributed by atoms with Crippen molar-refractivity contribution in [3.8, 4) is 22.8 Å². The van der Waals surface area contributed by atoms with Crippen LogP contribution in [0.3, 0.4) is 0 Å². The fraction of sp³-hybridized carbons (Fsp3) is 0.412. The largest absolute Gasteiger partial charge is 0.497 e. The average Bonchev–Trinajstić information content (AvgIpc) is 3.01. The molecule has 0 unspecified atom stereocenters. The first-order valence-corrected chi connectivity index (χ1v) is 7.39. The molecule has 0 atom stereocenters. The van der Waals surface area contributed by atoms with Crippen LogP contribution in [0.15, 0.2) is 28.8 Å². The highest BCUT2D eigenvalue weighted by molar-refractivity contribution is 5.77. The lowest BCUT2D eigenvalue weighted by Gasteiger charge is -2.17. The van der Waals surface area contributed by atoms with E-state index in [2.05, 4.69) is 5.16 Å². The summed E-state index contributed by atoms with van der Waals surface area (Å²) in [5.41, 5.74) is 1.44. The molecule has 23 heavy (non-hydrogen) atoms. The Kier molecular flexibility index (Phi) is 5.26. The summed E-state index contributed by atoms with van der Waals surface area (Å²) < 4.78 is 16.0. The van der Waals surface area contributed by atoms with E-state index in [9.17, 15) is 4.79 Å². The van der Waals surface area contributed by atoms with Crippen molar-refractivity contribution >= 4 is 5.91 Å². The van der Waals surface area contributed by atoms with E-state index in [1.54, 1.807) is 32.2 Å². The first-order valence-electron chi connectivity index (χ1n) is 7.39. The van der Waals surface area contributed by atoms with Gasteiger partial charge in [0.2, 0.25) is 5.91 Å². The predicted octanol–water partition coefficient (Wildman–Crippen LogP) is 2.97. The van der Waals surface area contributed by atoms with E-state index in [1.807, 2.05) is 32.0 Å². The third-order valence-electron chi connectivity index (χ3n) is 3.50. The van der Waals surface area contributed by atoms with Crippen molar-refractivity contribution < 1.29 is 18.8 Å². The standard InChI is InChI=1S/C17H22N2O4/c1-11(2)17(20)19(3)10-12-8-16(23-18-12)14-9-13(21-4)6-7-15(14)22-5/h6-9,11H,10H2,1-5H3. The number of methoxy groups -OCH3 is 2. The number of amides is 1. The van der Waals surface area contributed by atoms with Gasteiger partial charge in [-0.15, -0.1) is 0 Å². The highest BCUT2D eigenvalue weighted by Gasteiger charge is 2.17. The first-order chi connectivity index (χ1) is 11.0. The van der Waals surface area contributed by atoms with Crippen molar-refractivity contribution in [3.05, 3.63) is 30.0 Å². The number of carbonyl (C=O) groups is 1. The van der Waals surface area contributed by atoms with Crippen molar-refractivity contribution in [1.29, 1.82) is 0 Å².